The predicted molar refractivity (Wildman–Crippen MR) is 74.4 cm³/mol. The molecule has 2 rings (SSSR count). The van der Waals surface area contributed by atoms with Gasteiger partial charge in [-0.3, -0.25) is 0 Å². The third-order valence-corrected chi connectivity index (χ3v) is 5.67. The lowest BCUT2D eigenvalue weighted by Crippen LogP contribution is -2.32. The van der Waals surface area contributed by atoms with Crippen LogP contribution in [0.15, 0.2) is 11.2 Å². The van der Waals surface area contributed by atoms with Gasteiger partial charge >= 0.3 is 0 Å². The van der Waals surface area contributed by atoms with Gasteiger partial charge in [0.15, 0.2) is 5.03 Å². The van der Waals surface area contributed by atoms with E-state index in [0.29, 0.717) is 25.3 Å². The Kier molecular flexibility index (Phi) is 4.01. The summed E-state index contributed by atoms with van der Waals surface area (Å²) >= 11 is 0. The summed E-state index contributed by atoms with van der Waals surface area (Å²) in [5, 5.41) is 0.226. The van der Waals surface area contributed by atoms with Crippen LogP contribution in [-0.4, -0.2) is 35.8 Å². The number of hydrogen-bond donors (Lipinski definition) is 1. The molecule has 0 unspecified atom stereocenters. The zero-order valence-corrected chi connectivity index (χ0v) is 12.8. The van der Waals surface area contributed by atoms with E-state index < -0.39 is 10.0 Å². The van der Waals surface area contributed by atoms with Crippen molar-refractivity contribution >= 4 is 10.0 Å². The molecule has 6 heteroatoms. The van der Waals surface area contributed by atoms with E-state index in [2.05, 4.69) is 23.8 Å². The molecule has 19 heavy (non-hydrogen) atoms. The summed E-state index contributed by atoms with van der Waals surface area (Å²) < 4.78 is 26.7. The second-order valence-electron chi connectivity index (χ2n) is 5.97. The highest BCUT2D eigenvalue weighted by atomic mass is 32.2. The first kappa shape index (κ1) is 14.5. The minimum absolute atomic E-state index is 0.226. The van der Waals surface area contributed by atoms with Crippen LogP contribution < -0.4 is 0 Å². The first-order valence-electron chi connectivity index (χ1n) is 6.89. The smallest absolute Gasteiger partial charge is 0.260 e. The van der Waals surface area contributed by atoms with Crippen molar-refractivity contribution in [3.8, 4) is 0 Å². The summed E-state index contributed by atoms with van der Waals surface area (Å²) in [6, 6.07) is 0. The summed E-state index contributed by atoms with van der Waals surface area (Å²) in [6.07, 6.45) is 5.04. The molecular weight excluding hydrogens is 262 g/mol. The number of H-pyrrole nitrogens is 1. The Balaban J connectivity index is 2.20. The van der Waals surface area contributed by atoms with Crippen molar-refractivity contribution in [3.63, 3.8) is 0 Å². The Morgan fingerprint density at radius 3 is 2.74 bits per heavy atom. The number of hydrogen-bond acceptors (Lipinski definition) is 3. The van der Waals surface area contributed by atoms with Crippen LogP contribution >= 0.6 is 0 Å². The Hall–Kier alpha value is -0.880. The Bertz CT molecular complexity index is 534. The summed E-state index contributed by atoms with van der Waals surface area (Å²) in [6.45, 7) is 7.55. The fourth-order valence-corrected chi connectivity index (χ4v) is 3.84. The van der Waals surface area contributed by atoms with Crippen LogP contribution in [0, 0.1) is 5.41 Å². The quantitative estimate of drug-likeness (QED) is 0.925. The molecular formula is C13H23N3O2S. The number of nitrogens with zero attached hydrogens (tertiary/aromatic N) is 2. The van der Waals surface area contributed by atoms with Crippen LogP contribution in [0.5, 0.6) is 0 Å². The topological polar surface area (TPSA) is 66.1 Å². The molecule has 0 amide bonds. The second-order valence-corrected chi connectivity index (χ2v) is 7.88. The van der Waals surface area contributed by atoms with Crippen LogP contribution in [0.3, 0.4) is 0 Å². The number of nitrogens with one attached hydrogen (secondary N) is 1. The van der Waals surface area contributed by atoms with E-state index in [9.17, 15) is 8.42 Å². The number of sulfonamides is 1. The summed E-state index contributed by atoms with van der Waals surface area (Å²) in [7, 11) is -3.41. The Labute approximate surface area is 115 Å². The number of imidazole rings is 1. The van der Waals surface area contributed by atoms with Gasteiger partial charge in [0, 0.05) is 19.5 Å². The van der Waals surface area contributed by atoms with Crippen molar-refractivity contribution in [2.45, 2.75) is 51.5 Å². The van der Waals surface area contributed by atoms with Crippen LogP contribution in [0.2, 0.25) is 0 Å². The molecule has 5 nitrogen and oxygen atoms in total. The maximum absolute atomic E-state index is 12.5. The zero-order valence-electron chi connectivity index (χ0n) is 11.9. The SMILES string of the molecule is CCc1ncc(S(=O)(=O)N2CCCC(C)(C)CC2)[nH]1. The molecule has 1 aliphatic rings. The van der Waals surface area contributed by atoms with Crippen LogP contribution in [-0.2, 0) is 16.4 Å². The average Bonchev–Trinajstić information content (AvgIpc) is 2.75. The summed E-state index contributed by atoms with van der Waals surface area (Å²) in [5.41, 5.74) is 0.229. The number of aromatic nitrogens is 2. The molecule has 2 heterocycles. The summed E-state index contributed by atoms with van der Waals surface area (Å²) in [5.74, 6) is 0.716. The molecule has 0 saturated carbocycles. The molecule has 1 aromatic rings. The maximum atomic E-state index is 12.5. The molecule has 1 N–H and O–H groups in total. The maximum Gasteiger partial charge on any atom is 0.260 e. The highest BCUT2D eigenvalue weighted by Gasteiger charge is 2.31. The Morgan fingerprint density at radius 1 is 1.37 bits per heavy atom. The predicted octanol–water partition coefficient (Wildman–Crippen LogP) is 2.17. The zero-order chi connectivity index (χ0) is 14.1. The molecule has 1 fully saturated rings. The molecule has 108 valence electrons. The van der Waals surface area contributed by atoms with Gasteiger partial charge in [-0.1, -0.05) is 20.8 Å². The molecule has 1 saturated heterocycles. The van der Waals surface area contributed by atoms with Crippen molar-refractivity contribution in [1.29, 1.82) is 0 Å². The largest absolute Gasteiger partial charge is 0.332 e. The lowest BCUT2D eigenvalue weighted by atomic mass is 9.85. The first-order valence-corrected chi connectivity index (χ1v) is 8.33. The third kappa shape index (κ3) is 3.17. The van der Waals surface area contributed by atoms with Gasteiger partial charge in [-0.2, -0.15) is 4.31 Å². The fraction of sp³-hybridized carbons (Fsp3) is 0.769. The van der Waals surface area contributed by atoms with Crippen molar-refractivity contribution in [3.05, 3.63) is 12.0 Å². The molecule has 0 radical (unpaired) electrons. The van der Waals surface area contributed by atoms with Crippen molar-refractivity contribution in [1.82, 2.24) is 14.3 Å². The lowest BCUT2D eigenvalue weighted by molar-refractivity contribution is 0.314. The lowest BCUT2D eigenvalue weighted by Gasteiger charge is -2.22. The van der Waals surface area contributed by atoms with Crippen LogP contribution in [0.4, 0.5) is 0 Å². The van der Waals surface area contributed by atoms with Gasteiger partial charge in [0.2, 0.25) is 0 Å². The van der Waals surface area contributed by atoms with Gasteiger partial charge in [0.05, 0.1) is 6.20 Å². The van der Waals surface area contributed by atoms with Gasteiger partial charge in [-0.25, -0.2) is 13.4 Å². The van der Waals surface area contributed by atoms with Crippen LogP contribution in [0.25, 0.3) is 0 Å². The van der Waals surface area contributed by atoms with Gasteiger partial charge in [-0.05, 0) is 24.7 Å². The van der Waals surface area contributed by atoms with Crippen molar-refractivity contribution in [2.24, 2.45) is 5.41 Å². The molecule has 1 aromatic heterocycles. The van der Waals surface area contributed by atoms with E-state index in [1.165, 1.54) is 6.20 Å². The molecule has 0 aliphatic carbocycles. The third-order valence-electron chi connectivity index (χ3n) is 3.86. The van der Waals surface area contributed by atoms with E-state index in [1.54, 1.807) is 4.31 Å². The first-order chi connectivity index (χ1) is 8.85. The van der Waals surface area contributed by atoms with Crippen molar-refractivity contribution < 1.29 is 8.42 Å². The van der Waals surface area contributed by atoms with Gasteiger partial charge in [0.1, 0.15) is 5.82 Å². The van der Waals surface area contributed by atoms with E-state index in [-0.39, 0.29) is 10.4 Å². The highest BCUT2D eigenvalue weighted by molar-refractivity contribution is 7.89. The molecule has 0 atom stereocenters. The number of rotatable bonds is 3. The van der Waals surface area contributed by atoms with Crippen LogP contribution in [0.1, 0.15) is 45.9 Å². The average molecular weight is 285 g/mol. The van der Waals surface area contributed by atoms with Gasteiger partial charge < -0.3 is 4.98 Å². The molecule has 0 bridgehead atoms. The van der Waals surface area contributed by atoms with Gasteiger partial charge in [0.25, 0.3) is 10.0 Å². The normalized spacial score (nSPS) is 21.2. The molecule has 0 spiro atoms. The number of aromatic amines is 1. The molecule has 0 aromatic carbocycles. The second kappa shape index (κ2) is 5.25. The van der Waals surface area contributed by atoms with E-state index in [4.69, 9.17) is 0 Å². The van der Waals surface area contributed by atoms with E-state index in [0.717, 1.165) is 19.3 Å². The summed E-state index contributed by atoms with van der Waals surface area (Å²) in [4.78, 5) is 6.99. The van der Waals surface area contributed by atoms with Crippen molar-refractivity contribution in [2.75, 3.05) is 13.1 Å². The highest BCUT2D eigenvalue weighted by Crippen LogP contribution is 2.31. The minimum Gasteiger partial charge on any atom is -0.332 e. The molecule has 1 aliphatic heterocycles. The monoisotopic (exact) mass is 285 g/mol. The standard InChI is InChI=1S/C13H23N3O2S/c1-4-11-14-10-12(15-11)19(17,18)16-8-5-6-13(2,3)7-9-16/h10H,4-9H2,1-3H3,(H,14,15). The van der Waals surface area contributed by atoms with Gasteiger partial charge in [-0.15, -0.1) is 0 Å². The Morgan fingerprint density at radius 2 is 2.11 bits per heavy atom. The number of aryl methyl sites for hydroxylation is 1. The minimum atomic E-state index is -3.41. The van der Waals surface area contributed by atoms with E-state index >= 15 is 0 Å². The fourth-order valence-electron chi connectivity index (χ4n) is 2.43. The van der Waals surface area contributed by atoms with E-state index in [1.807, 2.05) is 6.92 Å².